The van der Waals surface area contributed by atoms with E-state index in [0.29, 0.717) is 0 Å². The highest BCUT2D eigenvalue weighted by Crippen LogP contribution is 2.54. The minimum atomic E-state index is -4.88. The quantitative estimate of drug-likeness (QED) is 0.354. The van der Waals surface area contributed by atoms with Gasteiger partial charge in [0.25, 0.3) is 0 Å². The lowest BCUT2D eigenvalue weighted by Crippen LogP contribution is -2.34. The molecule has 2 N–H and O–H groups in total. The molecular formula is C3H11Al3O14P3. The van der Waals surface area contributed by atoms with E-state index in [1.807, 2.05) is 0 Å². The van der Waals surface area contributed by atoms with E-state index in [1.165, 1.54) is 0 Å². The van der Waals surface area contributed by atoms with E-state index < -0.39 is 69.7 Å². The molecule has 131 valence electrons. The fourth-order valence-corrected chi connectivity index (χ4v) is 11.1. The third kappa shape index (κ3) is 8.38. The average molecular weight is 445 g/mol. The van der Waals surface area contributed by atoms with Gasteiger partial charge in [-0.2, -0.15) is 0 Å². The fraction of sp³-hybridized carbons (Fsp3) is 1.00. The molecule has 3 unspecified atom stereocenters. The Morgan fingerprint density at radius 1 is 1.17 bits per heavy atom. The second kappa shape index (κ2) is 9.69. The summed E-state index contributed by atoms with van der Waals surface area (Å²) < 4.78 is 75.6. The zero-order valence-corrected chi connectivity index (χ0v) is 18.0. The van der Waals surface area contributed by atoms with Crippen molar-refractivity contribution in [1.82, 2.24) is 0 Å². The molecule has 20 heteroatoms. The van der Waals surface area contributed by atoms with Crippen LogP contribution in [0.25, 0.3) is 0 Å². The van der Waals surface area contributed by atoms with Gasteiger partial charge >= 0.3 is 69.7 Å². The molecule has 3 atom stereocenters. The summed E-state index contributed by atoms with van der Waals surface area (Å²) in [6.07, 6.45) is 0. The number of hydrogen-bond donors (Lipinski definition) is 2. The van der Waals surface area contributed by atoms with Crippen LogP contribution in [-0.2, 0) is 47.2 Å². The van der Waals surface area contributed by atoms with Crippen LogP contribution in [0.3, 0.4) is 0 Å². The summed E-state index contributed by atoms with van der Waals surface area (Å²) in [6.45, 7) is 0. The van der Waals surface area contributed by atoms with E-state index >= 15 is 0 Å². The molecular weight excluding hydrogens is 434 g/mol. The predicted octanol–water partition coefficient (Wildman–Crippen LogP) is -0.148. The van der Waals surface area contributed by atoms with E-state index in [4.69, 9.17) is 11.3 Å². The Labute approximate surface area is 147 Å². The van der Waals surface area contributed by atoms with E-state index in [1.54, 1.807) is 0 Å². The molecule has 1 aliphatic rings. The maximum absolute atomic E-state index is 11.8. The summed E-state index contributed by atoms with van der Waals surface area (Å²) in [4.78, 5) is 18.7. The van der Waals surface area contributed by atoms with Crippen molar-refractivity contribution in [2.75, 3.05) is 21.3 Å². The molecule has 1 aliphatic heterocycles. The molecule has 14 nitrogen and oxygen atoms in total. The van der Waals surface area contributed by atoms with Gasteiger partial charge in [0, 0.05) is 21.3 Å². The molecule has 0 aliphatic carbocycles. The Bertz CT molecular complexity index is 517. The molecule has 0 aromatic carbocycles. The smallest absolute Gasteiger partial charge is 0.572 e. The van der Waals surface area contributed by atoms with Crippen LogP contribution < -0.4 is 0 Å². The zero-order chi connectivity index (χ0) is 17.7. The summed E-state index contributed by atoms with van der Waals surface area (Å²) in [5.41, 5.74) is 0. The lowest BCUT2D eigenvalue weighted by Gasteiger charge is -2.26. The van der Waals surface area contributed by atoms with Gasteiger partial charge in [0.15, 0.2) is 0 Å². The van der Waals surface area contributed by atoms with E-state index in [0.717, 1.165) is 21.3 Å². The first-order chi connectivity index (χ1) is 10.5. The van der Waals surface area contributed by atoms with Crippen molar-refractivity contribution < 1.29 is 57.0 Å². The Hall–Kier alpha value is 1.85. The monoisotopic (exact) mass is 445 g/mol. The Balaban J connectivity index is 2.65. The molecule has 1 heterocycles. The zero-order valence-electron chi connectivity index (χ0n) is 11.9. The average Bonchev–Trinajstić information content (AvgIpc) is 2.45. The van der Waals surface area contributed by atoms with Crippen LogP contribution in [0.1, 0.15) is 0 Å². The highest BCUT2D eigenvalue weighted by molar-refractivity contribution is 7.53. The van der Waals surface area contributed by atoms with Gasteiger partial charge in [-0.15, -0.1) is 0 Å². The van der Waals surface area contributed by atoms with Gasteiger partial charge in [-0.05, 0) is 0 Å². The summed E-state index contributed by atoms with van der Waals surface area (Å²) in [6, 6.07) is 0. The lowest BCUT2D eigenvalue weighted by molar-refractivity contribution is 0.146. The topological polar surface area (TPSA) is 175 Å². The van der Waals surface area contributed by atoms with E-state index in [9.17, 15) is 18.6 Å². The molecule has 1 fully saturated rings. The van der Waals surface area contributed by atoms with Gasteiger partial charge in [0.2, 0.25) is 0 Å². The van der Waals surface area contributed by atoms with Crippen LogP contribution in [0, 0.1) is 0 Å². The van der Waals surface area contributed by atoms with Crippen molar-refractivity contribution in [2.45, 2.75) is 0 Å². The van der Waals surface area contributed by atoms with Gasteiger partial charge < -0.3 is 34.3 Å². The van der Waals surface area contributed by atoms with Crippen molar-refractivity contribution in [3.05, 3.63) is 0 Å². The first-order valence-corrected chi connectivity index (χ1v) is 13.6. The summed E-state index contributed by atoms with van der Waals surface area (Å²) in [5.74, 6) is 0. The first kappa shape index (κ1) is 22.9. The maximum atomic E-state index is 11.8. The van der Waals surface area contributed by atoms with Crippen LogP contribution in [0.5, 0.6) is 0 Å². The van der Waals surface area contributed by atoms with Crippen LogP contribution in [-0.4, -0.2) is 77.3 Å². The van der Waals surface area contributed by atoms with Crippen molar-refractivity contribution in [1.29, 1.82) is 0 Å². The minimum absolute atomic E-state index is 0.874. The van der Waals surface area contributed by atoms with Crippen molar-refractivity contribution in [2.24, 2.45) is 0 Å². The first-order valence-electron chi connectivity index (χ1n) is 5.34. The van der Waals surface area contributed by atoms with Crippen molar-refractivity contribution >= 4 is 69.7 Å². The SMILES string of the molecule is C[O][Al]([O]P(=O)(O)OC)[O]P(=O)(O)[O][Al]1[O][Al][O]P(=O)(OC)[O]1. The molecule has 0 amide bonds. The molecule has 0 saturated carbocycles. The highest BCUT2D eigenvalue weighted by atomic mass is 31.2. The van der Waals surface area contributed by atoms with Gasteiger partial charge in [0.05, 0.1) is 0 Å². The number of hydrogen-bond acceptors (Lipinski definition) is 12. The van der Waals surface area contributed by atoms with E-state index in [2.05, 4.69) is 27.1 Å². The molecule has 0 aromatic heterocycles. The molecule has 0 bridgehead atoms. The van der Waals surface area contributed by atoms with Crippen LogP contribution in [0.4, 0.5) is 0 Å². The highest BCUT2D eigenvalue weighted by Gasteiger charge is 2.53. The molecule has 1 radical (unpaired) electrons. The minimum Gasteiger partial charge on any atom is -0.572 e. The largest absolute Gasteiger partial charge is 0.922 e. The number of phosphoric acid groups is 3. The maximum Gasteiger partial charge on any atom is 0.922 e. The standard InChI is InChI=1S/2CH5O4P.CH3O.3Al.H3O4P.O/c2*1-5-6(2,3)4;1-2;;;;1-5(2,3)4;/h2*1H3,(H2,2,3,4);1H3;;;;(H3,1,2,3,4);/q;;-1;+1;+2;+3;;/p-5. The van der Waals surface area contributed by atoms with Crippen molar-refractivity contribution in [3.63, 3.8) is 0 Å². The third-order valence-electron chi connectivity index (χ3n) is 1.86. The molecule has 0 aromatic rings. The normalized spacial score (nSPS) is 26.9. The fourth-order valence-electron chi connectivity index (χ4n) is 0.908. The number of phosphoric ester groups is 1. The second-order valence-corrected chi connectivity index (χ2v) is 13.9. The van der Waals surface area contributed by atoms with Crippen LogP contribution in [0.2, 0.25) is 0 Å². The van der Waals surface area contributed by atoms with Gasteiger partial charge in [-0.25, -0.2) is 13.7 Å². The van der Waals surface area contributed by atoms with Gasteiger partial charge in [0.1, 0.15) is 0 Å². The van der Waals surface area contributed by atoms with E-state index in [-0.39, 0.29) is 0 Å². The van der Waals surface area contributed by atoms with Gasteiger partial charge in [-0.1, -0.05) is 0 Å². The summed E-state index contributed by atoms with van der Waals surface area (Å²) in [7, 11) is -10.4. The second-order valence-electron chi connectivity index (χ2n) is 3.32. The summed E-state index contributed by atoms with van der Waals surface area (Å²) in [5, 5.41) is 0. The Morgan fingerprint density at radius 2 is 1.78 bits per heavy atom. The van der Waals surface area contributed by atoms with Crippen LogP contribution in [0.15, 0.2) is 0 Å². The predicted molar refractivity (Wildman–Crippen MR) is 72.1 cm³/mol. The van der Waals surface area contributed by atoms with Crippen molar-refractivity contribution in [3.8, 4) is 0 Å². The Kier molecular flexibility index (Phi) is 9.64. The molecule has 1 rings (SSSR count). The molecule has 0 spiro atoms. The Morgan fingerprint density at radius 3 is 2.30 bits per heavy atom. The third-order valence-corrected chi connectivity index (χ3v) is 12.8. The molecule has 1 saturated heterocycles. The van der Waals surface area contributed by atoms with Gasteiger partial charge in [-0.3, -0.25) is 9.05 Å². The summed E-state index contributed by atoms with van der Waals surface area (Å²) >= 11 is -8.28. The number of rotatable bonds is 9. The van der Waals surface area contributed by atoms with Crippen LogP contribution >= 0.6 is 23.5 Å². The lowest BCUT2D eigenvalue weighted by atomic mass is 11.8. The molecule has 23 heavy (non-hydrogen) atoms.